The predicted octanol–water partition coefficient (Wildman–Crippen LogP) is 3.62. The molecule has 2 aliphatic rings. The van der Waals surface area contributed by atoms with Crippen LogP contribution in [0.25, 0.3) is 10.9 Å². The Morgan fingerprint density at radius 2 is 2.11 bits per heavy atom. The molecule has 1 saturated carbocycles. The zero-order chi connectivity index (χ0) is 25.4. The van der Waals surface area contributed by atoms with Crippen molar-refractivity contribution in [1.82, 2.24) is 20.2 Å². The minimum absolute atomic E-state index is 0.306. The summed E-state index contributed by atoms with van der Waals surface area (Å²) in [6, 6.07) is 6.44. The number of esters is 1. The van der Waals surface area contributed by atoms with Crippen LogP contribution in [-0.2, 0) is 22.5 Å². The van der Waals surface area contributed by atoms with Gasteiger partial charge in [0.1, 0.15) is 5.69 Å². The minimum atomic E-state index is -0.582. The van der Waals surface area contributed by atoms with E-state index in [-0.39, 0.29) is 17.8 Å². The van der Waals surface area contributed by atoms with Crippen LogP contribution in [0.5, 0.6) is 0 Å². The van der Waals surface area contributed by atoms with Gasteiger partial charge in [-0.15, -0.1) is 11.3 Å². The SMILES string of the molecule is COC(=O)[C@@H]1CC/C(=N\C(=O)c2cc3cc(Cl)ccc3[nH]2)[C@H](NC(=O)c2nc3c(s2)CN(C)CC3)C1. The number of carbonyl (C=O) groups excluding carboxylic acids is 3. The van der Waals surface area contributed by atoms with E-state index in [1.54, 1.807) is 24.3 Å². The summed E-state index contributed by atoms with van der Waals surface area (Å²) in [5, 5.41) is 4.75. The van der Waals surface area contributed by atoms with E-state index in [2.05, 4.69) is 25.2 Å². The van der Waals surface area contributed by atoms with Gasteiger partial charge in [-0.2, -0.15) is 0 Å². The monoisotopic (exact) mass is 527 g/mol. The van der Waals surface area contributed by atoms with Crippen LogP contribution < -0.4 is 5.32 Å². The quantitative estimate of drug-likeness (QED) is 0.500. The number of amides is 2. The molecule has 0 radical (unpaired) electrons. The van der Waals surface area contributed by atoms with E-state index in [1.807, 2.05) is 7.05 Å². The van der Waals surface area contributed by atoms with Gasteiger partial charge in [0, 0.05) is 46.0 Å². The molecule has 1 aliphatic heterocycles. The molecule has 2 aromatic heterocycles. The maximum atomic E-state index is 13.2. The number of rotatable bonds is 4. The molecule has 1 fully saturated rings. The molecule has 2 N–H and O–H groups in total. The molecule has 3 heterocycles. The fourth-order valence-electron chi connectivity index (χ4n) is 4.74. The summed E-state index contributed by atoms with van der Waals surface area (Å²) in [7, 11) is 3.39. The van der Waals surface area contributed by atoms with Crippen LogP contribution in [0.15, 0.2) is 29.3 Å². The van der Waals surface area contributed by atoms with E-state index in [1.165, 1.54) is 18.4 Å². The van der Waals surface area contributed by atoms with Crippen molar-refractivity contribution in [2.45, 2.75) is 38.3 Å². The third-order valence-corrected chi connectivity index (χ3v) is 8.00. The number of aliphatic imine (C=N–C) groups is 1. The highest BCUT2D eigenvalue weighted by atomic mass is 35.5. The molecular formula is C25H26ClN5O4S. The lowest BCUT2D eigenvalue weighted by molar-refractivity contribution is -0.146. The first-order chi connectivity index (χ1) is 17.3. The Labute approximate surface area is 216 Å². The molecular weight excluding hydrogens is 502 g/mol. The highest BCUT2D eigenvalue weighted by Crippen LogP contribution is 2.28. The zero-order valence-corrected chi connectivity index (χ0v) is 21.5. The Morgan fingerprint density at radius 3 is 2.92 bits per heavy atom. The molecule has 0 saturated heterocycles. The number of ether oxygens (including phenoxy) is 1. The summed E-state index contributed by atoms with van der Waals surface area (Å²) in [6.07, 6.45) is 1.99. The highest BCUT2D eigenvalue weighted by molar-refractivity contribution is 7.13. The molecule has 1 aromatic carbocycles. The van der Waals surface area contributed by atoms with Gasteiger partial charge in [-0.3, -0.25) is 14.4 Å². The minimum Gasteiger partial charge on any atom is -0.469 e. The maximum Gasteiger partial charge on any atom is 0.308 e. The number of benzene rings is 1. The largest absolute Gasteiger partial charge is 0.469 e. The number of aromatic amines is 1. The first-order valence-electron chi connectivity index (χ1n) is 11.8. The Hall–Kier alpha value is -3.08. The van der Waals surface area contributed by atoms with E-state index in [9.17, 15) is 14.4 Å². The number of halogens is 1. The standard InChI is InChI=1S/C25H26ClN5O4S/c1-31-8-7-18-21(12-31)36-24(30-18)23(33)29-19-10-13(25(34)35-2)3-5-17(19)28-22(32)20-11-14-9-15(26)4-6-16(14)27-20/h4,6,9,11,13,19,27H,3,5,7-8,10,12H2,1-2H3,(H,29,33)/b28-17+/t13-,19-/m1/s1. The number of nitrogens with zero attached hydrogens (tertiary/aromatic N) is 3. The number of hydrogen-bond acceptors (Lipinski definition) is 7. The van der Waals surface area contributed by atoms with Crippen LogP contribution in [0.2, 0.25) is 5.02 Å². The molecule has 36 heavy (non-hydrogen) atoms. The molecule has 0 bridgehead atoms. The highest BCUT2D eigenvalue weighted by Gasteiger charge is 2.34. The number of nitrogens with one attached hydrogen (secondary N) is 2. The first kappa shape index (κ1) is 24.6. The van der Waals surface area contributed by atoms with E-state index in [0.29, 0.717) is 40.7 Å². The van der Waals surface area contributed by atoms with Gasteiger partial charge in [-0.25, -0.2) is 9.98 Å². The van der Waals surface area contributed by atoms with Crippen LogP contribution >= 0.6 is 22.9 Å². The fraction of sp³-hybridized carbons (Fsp3) is 0.400. The fourth-order valence-corrected chi connectivity index (χ4v) is 6.01. The van der Waals surface area contributed by atoms with Gasteiger partial charge >= 0.3 is 5.97 Å². The predicted molar refractivity (Wildman–Crippen MR) is 138 cm³/mol. The smallest absolute Gasteiger partial charge is 0.308 e. The molecule has 5 rings (SSSR count). The van der Waals surface area contributed by atoms with E-state index < -0.39 is 11.9 Å². The summed E-state index contributed by atoms with van der Waals surface area (Å²) >= 11 is 7.45. The molecule has 1 aliphatic carbocycles. The molecule has 11 heteroatoms. The maximum absolute atomic E-state index is 13.2. The number of methoxy groups -OCH3 is 1. The topological polar surface area (TPSA) is 117 Å². The van der Waals surface area contributed by atoms with Gasteiger partial charge in [-0.05, 0) is 50.6 Å². The summed E-state index contributed by atoms with van der Waals surface area (Å²) in [5.74, 6) is -1.49. The Balaban J connectivity index is 1.39. The van der Waals surface area contributed by atoms with E-state index in [4.69, 9.17) is 16.3 Å². The Kier molecular flexibility index (Phi) is 6.92. The summed E-state index contributed by atoms with van der Waals surface area (Å²) in [5.41, 5.74) is 2.60. The molecule has 0 unspecified atom stereocenters. The van der Waals surface area contributed by atoms with Gasteiger partial charge in [0.05, 0.1) is 24.8 Å². The number of carbonyl (C=O) groups is 3. The second kappa shape index (κ2) is 10.1. The van der Waals surface area contributed by atoms with Gasteiger partial charge in [-0.1, -0.05) is 11.6 Å². The normalized spacial score (nSPS) is 21.4. The van der Waals surface area contributed by atoms with Crippen molar-refractivity contribution in [3.63, 3.8) is 0 Å². The van der Waals surface area contributed by atoms with Crippen molar-refractivity contribution < 1.29 is 19.1 Å². The number of H-pyrrole nitrogens is 1. The van der Waals surface area contributed by atoms with Gasteiger partial charge in [0.25, 0.3) is 11.8 Å². The number of thiazole rings is 1. The van der Waals surface area contributed by atoms with Crippen molar-refractivity contribution in [3.8, 4) is 0 Å². The lowest BCUT2D eigenvalue weighted by Gasteiger charge is -2.29. The third-order valence-electron chi connectivity index (χ3n) is 6.69. The van der Waals surface area contributed by atoms with Gasteiger partial charge in [0.15, 0.2) is 5.01 Å². The first-order valence-corrected chi connectivity index (χ1v) is 13.0. The summed E-state index contributed by atoms with van der Waals surface area (Å²) < 4.78 is 4.93. The molecule has 9 nitrogen and oxygen atoms in total. The average Bonchev–Trinajstić information content (AvgIpc) is 3.48. The second-order valence-corrected chi connectivity index (χ2v) is 10.7. The third kappa shape index (κ3) is 5.07. The van der Waals surface area contributed by atoms with Crippen LogP contribution in [0.4, 0.5) is 0 Å². The summed E-state index contributed by atoms with van der Waals surface area (Å²) in [6.45, 7) is 1.67. The summed E-state index contributed by atoms with van der Waals surface area (Å²) in [4.78, 5) is 53.7. The van der Waals surface area contributed by atoms with E-state index in [0.717, 1.165) is 41.0 Å². The lowest BCUT2D eigenvalue weighted by atomic mass is 9.84. The molecule has 3 aromatic rings. The van der Waals surface area contributed by atoms with Crippen LogP contribution in [0, 0.1) is 5.92 Å². The number of hydrogen-bond donors (Lipinski definition) is 2. The van der Waals surface area contributed by atoms with Crippen molar-refractivity contribution in [1.29, 1.82) is 0 Å². The number of aromatic nitrogens is 2. The molecule has 188 valence electrons. The Bertz CT molecular complexity index is 1380. The average molecular weight is 528 g/mol. The van der Waals surface area contributed by atoms with Crippen molar-refractivity contribution in [2.75, 3.05) is 20.7 Å². The van der Waals surface area contributed by atoms with Crippen LogP contribution in [-0.4, -0.2) is 65.1 Å². The van der Waals surface area contributed by atoms with Gasteiger partial charge in [0.2, 0.25) is 0 Å². The van der Waals surface area contributed by atoms with Gasteiger partial charge < -0.3 is 19.9 Å². The lowest BCUT2D eigenvalue weighted by Crippen LogP contribution is -2.46. The molecule has 2 amide bonds. The number of likely N-dealkylation sites (N-methyl/N-ethyl adjacent to an activating group) is 1. The van der Waals surface area contributed by atoms with Crippen molar-refractivity contribution in [2.24, 2.45) is 10.9 Å². The number of fused-ring (bicyclic) bond motifs is 2. The van der Waals surface area contributed by atoms with Crippen molar-refractivity contribution in [3.05, 3.63) is 50.6 Å². The Morgan fingerprint density at radius 1 is 1.28 bits per heavy atom. The second-order valence-electron chi connectivity index (χ2n) is 9.22. The van der Waals surface area contributed by atoms with Crippen LogP contribution in [0.3, 0.4) is 0 Å². The molecule has 2 atom stereocenters. The zero-order valence-electron chi connectivity index (χ0n) is 20.0. The van der Waals surface area contributed by atoms with Crippen molar-refractivity contribution >= 4 is 57.3 Å². The van der Waals surface area contributed by atoms with E-state index >= 15 is 0 Å². The molecule has 0 spiro atoms. The van der Waals surface area contributed by atoms with Crippen LogP contribution in [0.1, 0.15) is 50.1 Å².